The Kier molecular flexibility index (Phi) is 4.28. The van der Waals surface area contributed by atoms with Gasteiger partial charge in [-0.15, -0.1) is 5.10 Å². The van der Waals surface area contributed by atoms with E-state index in [9.17, 15) is 4.79 Å². The van der Waals surface area contributed by atoms with E-state index in [1.165, 1.54) is 22.9 Å². The molecule has 1 N–H and O–H groups in total. The van der Waals surface area contributed by atoms with E-state index in [1.54, 1.807) is 16.8 Å². The molecule has 8 rings (SSSR count). The third kappa shape index (κ3) is 3.18. The highest BCUT2D eigenvalue weighted by atomic mass is 35.5. The average Bonchev–Trinajstić information content (AvgIpc) is 3.41. The highest BCUT2D eigenvalue weighted by molar-refractivity contribution is 6.31. The number of H-pyrrole nitrogens is 1. The number of tetrazole rings is 1. The Hall–Kier alpha value is -4.30. The molecule has 3 aromatic heterocycles. The smallest absolute Gasteiger partial charge is 0.251 e. The Morgan fingerprint density at radius 2 is 1.97 bits per heavy atom. The standard InChI is InChI=1S/C28H20ClN7O/c29-19-2-4-25(35-14-32-33-34-35)20(11-19)17-9-26-21-12-22(21)28(36(26)27(37)10-17)24-8-18(13-31-24)15-1-3-23-16(7-15)5-6-30-23/h1-7,9-11,13-14,21-22,28,30H,8,12H2. The first kappa shape index (κ1) is 20.8. The molecule has 1 aliphatic carbocycles. The summed E-state index contributed by atoms with van der Waals surface area (Å²) in [6.07, 6.45) is 7.30. The number of allylic oxidation sites excluding steroid dienone is 1. The molecule has 3 aliphatic rings. The van der Waals surface area contributed by atoms with Gasteiger partial charge in [0, 0.05) is 58.3 Å². The number of halogens is 1. The average molecular weight is 506 g/mol. The summed E-state index contributed by atoms with van der Waals surface area (Å²) < 4.78 is 3.55. The summed E-state index contributed by atoms with van der Waals surface area (Å²) in [5, 5.41) is 13.3. The second kappa shape index (κ2) is 7.60. The first-order valence-corrected chi connectivity index (χ1v) is 12.6. The van der Waals surface area contributed by atoms with Crippen LogP contribution in [0, 0.1) is 5.92 Å². The van der Waals surface area contributed by atoms with Gasteiger partial charge in [0.25, 0.3) is 5.56 Å². The maximum Gasteiger partial charge on any atom is 0.251 e. The highest BCUT2D eigenvalue weighted by Crippen LogP contribution is 2.60. The van der Waals surface area contributed by atoms with Crippen molar-refractivity contribution in [1.29, 1.82) is 0 Å². The first-order chi connectivity index (χ1) is 18.1. The van der Waals surface area contributed by atoms with Crippen molar-refractivity contribution in [2.24, 2.45) is 10.9 Å². The van der Waals surface area contributed by atoms with Gasteiger partial charge < -0.3 is 9.55 Å². The molecule has 180 valence electrons. The Bertz CT molecular complexity index is 1850. The molecule has 0 spiro atoms. The van der Waals surface area contributed by atoms with Crippen LogP contribution >= 0.6 is 11.6 Å². The summed E-state index contributed by atoms with van der Waals surface area (Å²) in [7, 11) is 0. The van der Waals surface area contributed by atoms with Gasteiger partial charge in [-0.25, -0.2) is 0 Å². The number of nitrogens with zero attached hydrogens (tertiary/aromatic N) is 6. The molecule has 8 nitrogen and oxygen atoms in total. The van der Waals surface area contributed by atoms with E-state index in [4.69, 9.17) is 16.6 Å². The van der Waals surface area contributed by atoms with Crippen molar-refractivity contribution >= 4 is 33.8 Å². The van der Waals surface area contributed by atoms with Gasteiger partial charge in [0.2, 0.25) is 0 Å². The normalized spacial score (nSPS) is 21.6. The van der Waals surface area contributed by atoms with Crippen LogP contribution in [0.5, 0.6) is 0 Å². The maximum absolute atomic E-state index is 13.6. The van der Waals surface area contributed by atoms with Crippen LogP contribution < -0.4 is 5.56 Å². The van der Waals surface area contributed by atoms with Crippen LogP contribution in [0.25, 0.3) is 33.3 Å². The van der Waals surface area contributed by atoms with Crippen LogP contribution in [0.4, 0.5) is 0 Å². The van der Waals surface area contributed by atoms with E-state index < -0.39 is 0 Å². The number of fused-ring (bicyclic) bond motifs is 4. The van der Waals surface area contributed by atoms with Crippen molar-refractivity contribution in [2.75, 3.05) is 0 Å². The number of pyridine rings is 1. The van der Waals surface area contributed by atoms with Crippen LogP contribution in [-0.2, 0) is 0 Å². The van der Waals surface area contributed by atoms with Crippen LogP contribution in [0.2, 0.25) is 5.02 Å². The number of aliphatic imine (C=N–C) groups is 1. The molecule has 0 bridgehead atoms. The maximum atomic E-state index is 13.6. The first-order valence-electron chi connectivity index (χ1n) is 12.3. The summed E-state index contributed by atoms with van der Waals surface area (Å²) in [5.41, 5.74) is 8.04. The quantitative estimate of drug-likeness (QED) is 0.364. The van der Waals surface area contributed by atoms with Crippen LogP contribution in [0.15, 0.2) is 83.1 Å². The summed E-state index contributed by atoms with van der Waals surface area (Å²) in [4.78, 5) is 21.7. The van der Waals surface area contributed by atoms with E-state index >= 15 is 0 Å². The van der Waals surface area contributed by atoms with Gasteiger partial charge in [-0.05, 0) is 87.3 Å². The van der Waals surface area contributed by atoms with Gasteiger partial charge in [-0.3, -0.25) is 9.79 Å². The Labute approximate surface area is 215 Å². The minimum Gasteiger partial charge on any atom is -0.361 e. The lowest BCUT2D eigenvalue weighted by molar-refractivity contribution is 0.584. The molecule has 0 amide bonds. The van der Waals surface area contributed by atoms with Gasteiger partial charge in [-0.2, -0.15) is 4.68 Å². The zero-order valence-corrected chi connectivity index (χ0v) is 20.3. The molecule has 0 radical (unpaired) electrons. The lowest BCUT2D eigenvalue weighted by Crippen LogP contribution is -2.29. The molecular formula is C28H20ClN7O. The molecule has 2 aromatic carbocycles. The van der Waals surface area contributed by atoms with Crippen molar-refractivity contribution < 1.29 is 0 Å². The fraction of sp³-hybridized carbons (Fsp3) is 0.179. The van der Waals surface area contributed by atoms with Gasteiger partial charge in [-0.1, -0.05) is 17.7 Å². The predicted octanol–water partition coefficient (Wildman–Crippen LogP) is 5.17. The molecule has 37 heavy (non-hydrogen) atoms. The molecule has 9 heteroatoms. The number of rotatable bonds is 4. The van der Waals surface area contributed by atoms with E-state index in [0.29, 0.717) is 16.9 Å². The zero-order chi connectivity index (χ0) is 24.7. The summed E-state index contributed by atoms with van der Waals surface area (Å²) >= 11 is 6.35. The molecule has 1 saturated carbocycles. The largest absolute Gasteiger partial charge is 0.361 e. The van der Waals surface area contributed by atoms with E-state index in [1.807, 2.05) is 29.1 Å². The minimum absolute atomic E-state index is 0.00429. The summed E-state index contributed by atoms with van der Waals surface area (Å²) in [6.45, 7) is 0. The third-order valence-electron chi connectivity index (χ3n) is 7.89. The number of aromatic nitrogens is 6. The third-order valence-corrected chi connectivity index (χ3v) is 8.13. The van der Waals surface area contributed by atoms with E-state index in [-0.39, 0.29) is 11.6 Å². The van der Waals surface area contributed by atoms with E-state index in [2.05, 4.69) is 50.8 Å². The lowest BCUT2D eigenvalue weighted by atomic mass is 9.97. The fourth-order valence-corrected chi connectivity index (χ4v) is 6.27. The fourth-order valence-electron chi connectivity index (χ4n) is 6.10. The monoisotopic (exact) mass is 505 g/mol. The minimum atomic E-state index is -0.0165. The highest BCUT2D eigenvalue weighted by Gasteiger charge is 2.54. The SMILES string of the molecule is O=c1cc(-c2cc(Cl)ccc2-n2cnnn2)cc2n1C(C1=NC=C(c3ccc4[nH]ccc4c3)C1)C1CC21. The number of nitrogens with one attached hydrogen (secondary N) is 1. The lowest BCUT2D eigenvalue weighted by Gasteiger charge is -2.20. The number of hydrogen-bond acceptors (Lipinski definition) is 5. The number of aromatic amines is 1. The van der Waals surface area contributed by atoms with Crippen LogP contribution in [0.1, 0.15) is 36.1 Å². The molecule has 5 aromatic rings. The second-order valence-corrected chi connectivity index (χ2v) is 10.4. The van der Waals surface area contributed by atoms with Gasteiger partial charge in [0.05, 0.1) is 11.7 Å². The van der Waals surface area contributed by atoms with Gasteiger partial charge in [0.15, 0.2) is 0 Å². The predicted molar refractivity (Wildman–Crippen MR) is 142 cm³/mol. The molecule has 3 atom stereocenters. The van der Waals surface area contributed by atoms with Crippen molar-refractivity contribution in [3.05, 3.63) is 100.0 Å². The molecule has 3 unspecified atom stereocenters. The zero-order valence-electron chi connectivity index (χ0n) is 19.5. The molecule has 5 heterocycles. The molecule has 2 aliphatic heterocycles. The van der Waals surface area contributed by atoms with Crippen LogP contribution in [-0.4, -0.2) is 35.5 Å². The molecule has 0 saturated heterocycles. The number of benzene rings is 2. The Morgan fingerprint density at radius 1 is 1.03 bits per heavy atom. The second-order valence-electron chi connectivity index (χ2n) is 9.98. The van der Waals surface area contributed by atoms with E-state index in [0.717, 1.165) is 46.6 Å². The number of hydrogen-bond donors (Lipinski definition) is 1. The Morgan fingerprint density at radius 3 is 2.86 bits per heavy atom. The topological polar surface area (TPSA) is 93.8 Å². The van der Waals surface area contributed by atoms with Crippen molar-refractivity contribution in [3.8, 4) is 16.8 Å². The summed E-state index contributed by atoms with van der Waals surface area (Å²) in [5.74, 6) is 0.788. The molecule has 1 fully saturated rings. The van der Waals surface area contributed by atoms with Crippen molar-refractivity contribution in [2.45, 2.75) is 24.8 Å². The molecular weight excluding hydrogens is 486 g/mol. The van der Waals surface area contributed by atoms with Crippen molar-refractivity contribution in [3.63, 3.8) is 0 Å². The van der Waals surface area contributed by atoms with Crippen molar-refractivity contribution in [1.82, 2.24) is 29.8 Å². The van der Waals surface area contributed by atoms with Gasteiger partial charge in [0.1, 0.15) is 6.33 Å². The summed E-state index contributed by atoms with van der Waals surface area (Å²) in [6, 6.07) is 17.9. The van der Waals surface area contributed by atoms with Gasteiger partial charge >= 0.3 is 0 Å². The Balaban J connectivity index is 1.15. The van der Waals surface area contributed by atoms with Crippen LogP contribution in [0.3, 0.4) is 0 Å².